The summed E-state index contributed by atoms with van der Waals surface area (Å²) in [6, 6.07) is 0. The van der Waals surface area contributed by atoms with Crippen LogP contribution >= 0.6 is 37.9 Å². The van der Waals surface area contributed by atoms with Crippen LogP contribution < -0.4 is 6.15 Å². The van der Waals surface area contributed by atoms with Crippen LogP contribution in [0, 0.1) is 0 Å². The van der Waals surface area contributed by atoms with Gasteiger partial charge < -0.3 is 20.4 Å². The summed E-state index contributed by atoms with van der Waals surface area (Å²) in [5, 5.41) is 0. The van der Waals surface area contributed by atoms with Gasteiger partial charge in [-0.15, -0.1) is 0 Å². The number of thiol groups is 3. The molecule has 22 heavy (non-hydrogen) atoms. The lowest BCUT2D eigenvalue weighted by molar-refractivity contribution is -0.141. The van der Waals surface area contributed by atoms with Gasteiger partial charge in [0.15, 0.2) is 0 Å². The van der Waals surface area contributed by atoms with Crippen molar-refractivity contribution in [3.63, 3.8) is 0 Å². The Morgan fingerprint density at radius 1 is 0.636 bits per heavy atom. The van der Waals surface area contributed by atoms with Gasteiger partial charge >= 0.3 is 17.9 Å². The molecule has 0 aromatic rings. The molecule has 0 aromatic carbocycles. The van der Waals surface area contributed by atoms with Crippen molar-refractivity contribution in [1.82, 2.24) is 6.15 Å². The van der Waals surface area contributed by atoms with E-state index in [0.29, 0.717) is 37.1 Å². The van der Waals surface area contributed by atoms with Crippen molar-refractivity contribution >= 4 is 55.8 Å². The molecular weight excluding hydrogens is 350 g/mol. The predicted octanol–water partition coefficient (Wildman–Crippen LogP) is 1.60. The Balaban J connectivity index is -0.000000108. The Morgan fingerprint density at radius 2 is 0.818 bits per heavy atom. The van der Waals surface area contributed by atoms with Crippen LogP contribution in [0.5, 0.6) is 0 Å². The molecule has 0 saturated carbocycles. The van der Waals surface area contributed by atoms with Crippen LogP contribution in [0.2, 0.25) is 0 Å². The van der Waals surface area contributed by atoms with E-state index in [1.165, 1.54) is 20.8 Å². The van der Waals surface area contributed by atoms with Crippen LogP contribution in [0.3, 0.4) is 0 Å². The van der Waals surface area contributed by atoms with Gasteiger partial charge in [-0.05, 0) is 0 Å². The van der Waals surface area contributed by atoms with Crippen LogP contribution in [0.15, 0.2) is 0 Å². The van der Waals surface area contributed by atoms with Crippen LogP contribution in [0.25, 0.3) is 0 Å². The van der Waals surface area contributed by atoms with Crippen molar-refractivity contribution in [2.75, 3.05) is 37.1 Å². The maximum Gasteiger partial charge on any atom is 0.302 e. The average molecular weight is 378 g/mol. The van der Waals surface area contributed by atoms with Gasteiger partial charge in [0.25, 0.3) is 0 Å². The first-order valence-electron chi connectivity index (χ1n) is 6.04. The van der Waals surface area contributed by atoms with E-state index in [-0.39, 0.29) is 24.1 Å². The van der Waals surface area contributed by atoms with Crippen molar-refractivity contribution in [3.8, 4) is 0 Å². The quantitative estimate of drug-likeness (QED) is 0.316. The van der Waals surface area contributed by atoms with E-state index in [1.807, 2.05) is 0 Å². The predicted molar refractivity (Wildman–Crippen MR) is 96.5 cm³/mol. The summed E-state index contributed by atoms with van der Waals surface area (Å²) in [5.74, 6) is 1.07. The maximum absolute atomic E-state index is 9.95. The van der Waals surface area contributed by atoms with E-state index in [9.17, 15) is 14.4 Å². The lowest BCUT2D eigenvalue weighted by atomic mass is 10.8. The highest BCUT2D eigenvalue weighted by Crippen LogP contribution is 1.78. The first-order chi connectivity index (χ1) is 9.81. The molecule has 0 unspecified atom stereocenters. The van der Waals surface area contributed by atoms with Crippen molar-refractivity contribution in [3.05, 3.63) is 0 Å². The number of esters is 3. The Kier molecular flexibility index (Phi) is 34.0. The van der Waals surface area contributed by atoms with Crippen LogP contribution in [-0.2, 0) is 28.6 Å². The number of hydrogen-bond donors (Lipinski definition) is 4. The van der Waals surface area contributed by atoms with Gasteiger partial charge in [-0.25, -0.2) is 0 Å². The normalized spacial score (nSPS) is 7.91. The zero-order valence-electron chi connectivity index (χ0n) is 13.2. The molecule has 0 spiro atoms. The van der Waals surface area contributed by atoms with Crippen molar-refractivity contribution in [1.29, 1.82) is 0 Å². The zero-order valence-corrected chi connectivity index (χ0v) is 15.9. The fraction of sp³-hybridized carbons (Fsp3) is 0.750. The van der Waals surface area contributed by atoms with Crippen LogP contribution in [0.1, 0.15) is 20.8 Å². The van der Waals surface area contributed by atoms with Crippen molar-refractivity contribution in [2.24, 2.45) is 0 Å². The van der Waals surface area contributed by atoms with E-state index in [4.69, 9.17) is 0 Å². The number of rotatable bonds is 6. The smallest absolute Gasteiger partial charge is 0.302 e. The zero-order chi connectivity index (χ0) is 17.1. The molecule has 0 saturated heterocycles. The van der Waals surface area contributed by atoms with E-state index in [0.717, 1.165) is 0 Å². The molecule has 0 amide bonds. The second-order valence-electron chi connectivity index (χ2n) is 3.19. The Hall–Kier alpha value is -0.580. The first kappa shape index (κ1) is 29.4. The van der Waals surface area contributed by atoms with Crippen molar-refractivity contribution in [2.45, 2.75) is 20.8 Å². The summed E-state index contributed by atoms with van der Waals surface area (Å²) in [6.07, 6.45) is 0. The topological polar surface area (TPSA) is 114 Å². The highest BCUT2D eigenvalue weighted by molar-refractivity contribution is 7.80. The molecule has 134 valence electrons. The molecule has 0 fully saturated rings. The Bertz CT molecular complexity index is 237. The van der Waals surface area contributed by atoms with Crippen LogP contribution in [0.4, 0.5) is 0 Å². The third kappa shape index (κ3) is 50.5. The fourth-order valence-corrected chi connectivity index (χ4v) is 0.842. The highest BCUT2D eigenvalue weighted by atomic mass is 32.1. The minimum Gasteiger partial charge on any atom is -0.465 e. The van der Waals surface area contributed by atoms with Gasteiger partial charge in [-0.2, -0.15) is 37.9 Å². The van der Waals surface area contributed by atoms with Gasteiger partial charge in [-0.1, -0.05) is 0 Å². The van der Waals surface area contributed by atoms with Crippen molar-refractivity contribution < 1.29 is 28.6 Å². The molecule has 0 aliphatic heterocycles. The molecule has 0 rings (SSSR count). The van der Waals surface area contributed by atoms with Gasteiger partial charge in [0, 0.05) is 38.0 Å². The lowest BCUT2D eigenvalue weighted by Crippen LogP contribution is -2.00. The van der Waals surface area contributed by atoms with Gasteiger partial charge in [-0.3, -0.25) is 14.4 Å². The largest absolute Gasteiger partial charge is 0.465 e. The van der Waals surface area contributed by atoms with E-state index in [2.05, 4.69) is 52.1 Å². The third-order valence-corrected chi connectivity index (χ3v) is 1.74. The fourth-order valence-electron chi connectivity index (χ4n) is 0.568. The maximum atomic E-state index is 9.95. The summed E-state index contributed by atoms with van der Waals surface area (Å²) in [6.45, 7) is 5.38. The minimum absolute atomic E-state index is 0. The highest BCUT2D eigenvalue weighted by Gasteiger charge is 1.87. The van der Waals surface area contributed by atoms with Gasteiger partial charge in [0.05, 0.1) is 0 Å². The lowest BCUT2D eigenvalue weighted by Gasteiger charge is -1.93. The van der Waals surface area contributed by atoms with E-state index >= 15 is 0 Å². The molecule has 3 N–H and O–H groups in total. The monoisotopic (exact) mass is 377 g/mol. The number of carbonyl (C=O) groups is 3. The molecular formula is C12H27NO6S3. The summed E-state index contributed by atoms with van der Waals surface area (Å²) in [7, 11) is 0. The summed E-state index contributed by atoms with van der Waals surface area (Å²) >= 11 is 11.5. The van der Waals surface area contributed by atoms with E-state index < -0.39 is 0 Å². The molecule has 0 aromatic heterocycles. The Labute approximate surface area is 148 Å². The summed E-state index contributed by atoms with van der Waals surface area (Å²) < 4.78 is 13.4. The minimum atomic E-state index is -0.242. The first-order valence-corrected chi connectivity index (χ1v) is 7.94. The summed E-state index contributed by atoms with van der Waals surface area (Å²) in [5.41, 5.74) is 0. The molecule has 0 bridgehead atoms. The third-order valence-electron chi connectivity index (χ3n) is 1.19. The van der Waals surface area contributed by atoms with Gasteiger partial charge in [0.1, 0.15) is 19.8 Å². The summed E-state index contributed by atoms with van der Waals surface area (Å²) in [4.78, 5) is 29.8. The molecule has 0 atom stereocenters. The SMILES string of the molecule is CC(=O)OCCS.CC(=O)OCCS.CC(=O)OCCS.N. The number of hydrogen-bond acceptors (Lipinski definition) is 10. The standard InChI is InChI=1S/3C4H8O2S.H3N/c3*1-4(5)6-2-3-7;/h3*7H,2-3H2,1H3;1H3. The molecule has 7 nitrogen and oxygen atoms in total. The van der Waals surface area contributed by atoms with Crippen LogP contribution in [-0.4, -0.2) is 55.0 Å². The molecule has 0 aliphatic rings. The second kappa shape index (κ2) is 25.4. The molecule has 0 heterocycles. The average Bonchev–Trinajstić information content (AvgIpc) is 2.41. The molecule has 0 radical (unpaired) electrons. The molecule has 0 aliphatic carbocycles. The second-order valence-corrected chi connectivity index (χ2v) is 4.53. The Morgan fingerprint density at radius 3 is 0.864 bits per heavy atom. The number of ether oxygens (including phenoxy) is 3. The number of carbonyl (C=O) groups excluding carboxylic acids is 3. The van der Waals surface area contributed by atoms with E-state index in [1.54, 1.807) is 0 Å². The molecule has 10 heteroatoms. The van der Waals surface area contributed by atoms with Gasteiger partial charge in [0.2, 0.25) is 0 Å².